The van der Waals surface area contributed by atoms with E-state index in [0.29, 0.717) is 13.2 Å². The first-order chi connectivity index (χ1) is 10.2. The summed E-state index contributed by atoms with van der Waals surface area (Å²) in [7, 11) is 0. The van der Waals surface area contributed by atoms with Crippen molar-refractivity contribution in [2.45, 2.75) is 44.4 Å². The smallest absolute Gasteiger partial charge is 0.352 e. The lowest BCUT2D eigenvalue weighted by Crippen LogP contribution is -2.55. The normalized spacial score (nSPS) is 25.4. The summed E-state index contributed by atoms with van der Waals surface area (Å²) >= 11 is 0. The van der Waals surface area contributed by atoms with Crippen LogP contribution in [0.25, 0.3) is 0 Å². The molecule has 1 aromatic heterocycles. The number of carboxylic acids is 1. The fourth-order valence-corrected chi connectivity index (χ4v) is 3.39. The number of rotatable bonds is 3. The van der Waals surface area contributed by atoms with Crippen LogP contribution in [0.4, 0.5) is 0 Å². The monoisotopic (exact) mass is 292 g/mol. The van der Waals surface area contributed by atoms with Gasteiger partial charge in [-0.1, -0.05) is 12.8 Å². The lowest BCUT2D eigenvalue weighted by molar-refractivity contribution is -0.150. The van der Waals surface area contributed by atoms with Crippen LogP contribution in [-0.4, -0.2) is 51.7 Å². The van der Waals surface area contributed by atoms with Gasteiger partial charge in [0.25, 0.3) is 0 Å². The average Bonchev–Trinajstić information content (AvgIpc) is 2.95. The van der Waals surface area contributed by atoms with E-state index in [1.54, 1.807) is 12.3 Å². The number of aromatic nitrogens is 1. The molecule has 6 nitrogen and oxygen atoms in total. The third-order valence-corrected chi connectivity index (χ3v) is 4.41. The maximum atomic E-state index is 12.6. The zero-order valence-electron chi connectivity index (χ0n) is 11.9. The van der Waals surface area contributed by atoms with E-state index < -0.39 is 5.97 Å². The minimum absolute atomic E-state index is 0.0195. The van der Waals surface area contributed by atoms with Gasteiger partial charge in [0.1, 0.15) is 12.2 Å². The van der Waals surface area contributed by atoms with Crippen LogP contribution in [0.15, 0.2) is 18.3 Å². The van der Waals surface area contributed by atoms with Gasteiger partial charge in [-0.25, -0.2) is 4.79 Å². The van der Waals surface area contributed by atoms with Crippen molar-refractivity contribution in [3.8, 4) is 0 Å². The fraction of sp³-hybridized carbons (Fsp3) is 0.600. The first-order valence-electron chi connectivity index (χ1n) is 7.46. The largest absolute Gasteiger partial charge is 0.477 e. The van der Waals surface area contributed by atoms with Crippen molar-refractivity contribution in [3.05, 3.63) is 24.0 Å². The number of fused-ring (bicyclic) bond motifs is 1. The Labute approximate surface area is 123 Å². The van der Waals surface area contributed by atoms with Crippen LogP contribution in [0.3, 0.4) is 0 Å². The molecule has 0 radical (unpaired) electrons. The molecule has 2 unspecified atom stereocenters. The van der Waals surface area contributed by atoms with Crippen molar-refractivity contribution in [2.24, 2.45) is 0 Å². The van der Waals surface area contributed by atoms with E-state index in [9.17, 15) is 9.59 Å². The van der Waals surface area contributed by atoms with E-state index in [2.05, 4.69) is 0 Å². The van der Waals surface area contributed by atoms with Crippen LogP contribution in [0.2, 0.25) is 0 Å². The summed E-state index contributed by atoms with van der Waals surface area (Å²) in [6.45, 7) is 1.26. The lowest BCUT2D eigenvalue weighted by Gasteiger charge is -2.43. The molecule has 2 fully saturated rings. The number of aromatic carboxylic acids is 1. The van der Waals surface area contributed by atoms with E-state index in [1.807, 2.05) is 4.90 Å². The molecule has 1 aliphatic heterocycles. The standard InChI is InChI=1S/C15H20N2O4/c18-14(10-16-7-3-5-12(16)15(19)20)17-8-9-21-13-6-2-1-4-11(13)17/h3,5,7,11,13H,1-2,4,6,8-10H2,(H,19,20). The van der Waals surface area contributed by atoms with Gasteiger partial charge in [0, 0.05) is 12.7 Å². The van der Waals surface area contributed by atoms with Crippen molar-refractivity contribution in [1.29, 1.82) is 0 Å². The number of carbonyl (C=O) groups is 2. The molecule has 2 heterocycles. The van der Waals surface area contributed by atoms with Crippen LogP contribution < -0.4 is 0 Å². The highest BCUT2D eigenvalue weighted by Gasteiger charge is 2.36. The van der Waals surface area contributed by atoms with E-state index in [1.165, 1.54) is 10.6 Å². The van der Waals surface area contributed by atoms with Gasteiger partial charge in [-0.05, 0) is 25.0 Å². The van der Waals surface area contributed by atoms with Gasteiger partial charge in [0.2, 0.25) is 5.91 Å². The van der Waals surface area contributed by atoms with Gasteiger partial charge in [0.15, 0.2) is 0 Å². The summed E-state index contributed by atoms with van der Waals surface area (Å²) in [6, 6.07) is 3.32. The first-order valence-corrected chi connectivity index (χ1v) is 7.46. The van der Waals surface area contributed by atoms with Crippen LogP contribution in [0, 0.1) is 0 Å². The maximum Gasteiger partial charge on any atom is 0.352 e. The molecule has 3 rings (SSSR count). The minimum atomic E-state index is -1.01. The summed E-state index contributed by atoms with van der Waals surface area (Å²) in [5, 5.41) is 9.10. The Morgan fingerprint density at radius 1 is 1.33 bits per heavy atom. The molecule has 2 atom stereocenters. The number of carbonyl (C=O) groups excluding carboxylic acids is 1. The maximum absolute atomic E-state index is 12.6. The van der Waals surface area contributed by atoms with E-state index in [4.69, 9.17) is 9.84 Å². The van der Waals surface area contributed by atoms with Gasteiger partial charge in [-0.2, -0.15) is 0 Å². The lowest BCUT2D eigenvalue weighted by atomic mass is 9.90. The third-order valence-electron chi connectivity index (χ3n) is 4.41. The molecule has 1 N–H and O–H groups in total. The summed E-state index contributed by atoms with van der Waals surface area (Å²) in [5.74, 6) is -1.03. The SMILES string of the molecule is O=C(O)c1cccn1CC(=O)N1CCOC2CCCCC21. The molecule has 1 aromatic rings. The fourth-order valence-electron chi connectivity index (χ4n) is 3.39. The third kappa shape index (κ3) is 2.81. The number of nitrogens with zero attached hydrogens (tertiary/aromatic N) is 2. The van der Waals surface area contributed by atoms with Gasteiger partial charge < -0.3 is 19.3 Å². The molecule has 21 heavy (non-hydrogen) atoms. The summed E-state index contributed by atoms with van der Waals surface area (Å²) in [6.07, 6.45) is 6.06. The van der Waals surface area contributed by atoms with Gasteiger partial charge in [-0.15, -0.1) is 0 Å². The number of hydrogen-bond donors (Lipinski definition) is 1. The van der Waals surface area contributed by atoms with Crippen molar-refractivity contribution in [2.75, 3.05) is 13.2 Å². The van der Waals surface area contributed by atoms with E-state index in [0.717, 1.165) is 25.7 Å². The predicted molar refractivity (Wildman–Crippen MR) is 75.1 cm³/mol. The van der Waals surface area contributed by atoms with Gasteiger partial charge in [-0.3, -0.25) is 4.79 Å². The molecule has 1 saturated heterocycles. The summed E-state index contributed by atoms with van der Waals surface area (Å²) < 4.78 is 7.26. The van der Waals surface area contributed by atoms with Gasteiger partial charge in [0.05, 0.1) is 18.8 Å². The number of ether oxygens (including phenoxy) is 1. The Bertz CT molecular complexity index is 538. The number of amides is 1. The summed E-state index contributed by atoms with van der Waals surface area (Å²) in [5.41, 5.74) is 0.150. The Kier molecular flexibility index (Phi) is 3.96. The molecule has 0 spiro atoms. The second kappa shape index (κ2) is 5.89. The minimum Gasteiger partial charge on any atom is -0.477 e. The zero-order valence-corrected chi connectivity index (χ0v) is 11.9. The Hall–Kier alpha value is -1.82. The molecule has 0 bridgehead atoms. The number of hydrogen-bond acceptors (Lipinski definition) is 3. The molecular formula is C15H20N2O4. The molecule has 2 aliphatic rings. The molecule has 1 aliphatic carbocycles. The van der Waals surface area contributed by atoms with Gasteiger partial charge >= 0.3 is 5.97 Å². The molecule has 1 saturated carbocycles. The number of carboxylic acid groups (broad SMARTS) is 1. The predicted octanol–water partition coefficient (Wildman–Crippen LogP) is 1.36. The van der Waals surface area contributed by atoms with Crippen LogP contribution in [0.5, 0.6) is 0 Å². The highest BCUT2D eigenvalue weighted by Crippen LogP contribution is 2.28. The van der Waals surface area contributed by atoms with Crippen LogP contribution in [0.1, 0.15) is 36.2 Å². The molecule has 6 heteroatoms. The van der Waals surface area contributed by atoms with Crippen molar-refractivity contribution < 1.29 is 19.4 Å². The van der Waals surface area contributed by atoms with Crippen molar-refractivity contribution in [1.82, 2.24) is 9.47 Å². The van der Waals surface area contributed by atoms with Crippen LogP contribution in [-0.2, 0) is 16.1 Å². The Balaban J connectivity index is 1.72. The van der Waals surface area contributed by atoms with Crippen molar-refractivity contribution in [3.63, 3.8) is 0 Å². The second-order valence-corrected chi connectivity index (χ2v) is 5.67. The second-order valence-electron chi connectivity index (χ2n) is 5.67. The van der Waals surface area contributed by atoms with Crippen LogP contribution >= 0.6 is 0 Å². The zero-order chi connectivity index (χ0) is 14.8. The summed E-state index contributed by atoms with van der Waals surface area (Å²) in [4.78, 5) is 25.5. The number of morpholine rings is 1. The van der Waals surface area contributed by atoms with E-state index in [-0.39, 0.29) is 30.3 Å². The molecule has 1 amide bonds. The first kappa shape index (κ1) is 14.1. The molecule has 114 valence electrons. The quantitative estimate of drug-likeness (QED) is 0.913. The van der Waals surface area contributed by atoms with Crippen molar-refractivity contribution >= 4 is 11.9 Å². The Morgan fingerprint density at radius 3 is 2.95 bits per heavy atom. The molecule has 0 aromatic carbocycles. The van der Waals surface area contributed by atoms with E-state index >= 15 is 0 Å². The highest BCUT2D eigenvalue weighted by molar-refractivity contribution is 5.87. The molecular weight excluding hydrogens is 272 g/mol. The highest BCUT2D eigenvalue weighted by atomic mass is 16.5. The topological polar surface area (TPSA) is 71.8 Å². The Morgan fingerprint density at radius 2 is 2.14 bits per heavy atom. The average molecular weight is 292 g/mol.